The maximum Gasteiger partial charge on any atom is 0.128 e. The number of benzene rings is 1. The smallest absolute Gasteiger partial charge is 0.128 e. The summed E-state index contributed by atoms with van der Waals surface area (Å²) in [6, 6.07) is 6.18. The summed E-state index contributed by atoms with van der Waals surface area (Å²) in [7, 11) is 0. The lowest BCUT2D eigenvalue weighted by Gasteiger charge is -2.18. The van der Waals surface area contributed by atoms with Crippen molar-refractivity contribution in [1.29, 1.82) is 0 Å². The van der Waals surface area contributed by atoms with Crippen molar-refractivity contribution in [3.63, 3.8) is 0 Å². The number of nitrogens with zero attached hydrogens (tertiary/aromatic N) is 1. The Bertz CT molecular complexity index is 580. The van der Waals surface area contributed by atoms with Crippen molar-refractivity contribution in [3.05, 3.63) is 63.1 Å². The first-order valence-electron chi connectivity index (χ1n) is 5.61. The number of nitrogens with two attached hydrogens (primary N) is 1. The van der Waals surface area contributed by atoms with Gasteiger partial charge < -0.3 is 0 Å². The lowest BCUT2D eigenvalue weighted by atomic mass is 9.99. The van der Waals surface area contributed by atoms with Crippen LogP contribution in [-0.2, 0) is 6.42 Å². The Morgan fingerprint density at radius 1 is 1.42 bits per heavy atom. The van der Waals surface area contributed by atoms with Crippen molar-refractivity contribution in [2.45, 2.75) is 12.5 Å². The third kappa shape index (κ3) is 3.51. The maximum atomic E-state index is 13.8. The highest BCUT2D eigenvalue weighted by Gasteiger charge is 2.16. The summed E-state index contributed by atoms with van der Waals surface area (Å²) in [6.07, 6.45) is 3.68. The molecule has 2 rings (SSSR count). The predicted molar refractivity (Wildman–Crippen MR) is 77.1 cm³/mol. The SMILES string of the molecule is NNC(Cc1ccncc1Cl)c1cc(Br)ccc1F. The number of rotatable bonds is 4. The first-order chi connectivity index (χ1) is 9.11. The van der Waals surface area contributed by atoms with Crippen LogP contribution in [-0.4, -0.2) is 4.98 Å². The molecule has 0 fully saturated rings. The normalized spacial score (nSPS) is 12.4. The van der Waals surface area contributed by atoms with Crippen molar-refractivity contribution in [2.75, 3.05) is 0 Å². The van der Waals surface area contributed by atoms with Gasteiger partial charge in [0, 0.05) is 22.4 Å². The second-order valence-electron chi connectivity index (χ2n) is 4.06. The van der Waals surface area contributed by atoms with Crippen LogP contribution in [0, 0.1) is 5.82 Å². The van der Waals surface area contributed by atoms with E-state index >= 15 is 0 Å². The molecular weight excluding hydrogens is 333 g/mol. The van der Waals surface area contributed by atoms with Crippen LogP contribution in [0.2, 0.25) is 5.02 Å². The van der Waals surface area contributed by atoms with Gasteiger partial charge in [0.25, 0.3) is 0 Å². The van der Waals surface area contributed by atoms with Crippen LogP contribution in [0.5, 0.6) is 0 Å². The van der Waals surface area contributed by atoms with Crippen LogP contribution in [0.15, 0.2) is 41.1 Å². The van der Waals surface area contributed by atoms with Gasteiger partial charge in [-0.25, -0.2) is 4.39 Å². The minimum atomic E-state index is -0.364. The van der Waals surface area contributed by atoms with Crippen LogP contribution in [0.1, 0.15) is 17.2 Å². The first-order valence-corrected chi connectivity index (χ1v) is 6.78. The molecule has 0 aliphatic rings. The average molecular weight is 345 g/mol. The van der Waals surface area contributed by atoms with Gasteiger partial charge in [-0.1, -0.05) is 27.5 Å². The van der Waals surface area contributed by atoms with E-state index in [1.165, 1.54) is 6.07 Å². The van der Waals surface area contributed by atoms with E-state index in [1.807, 2.05) is 0 Å². The van der Waals surface area contributed by atoms with Gasteiger partial charge in [-0.05, 0) is 36.2 Å². The maximum absolute atomic E-state index is 13.8. The Morgan fingerprint density at radius 3 is 2.89 bits per heavy atom. The summed E-state index contributed by atoms with van der Waals surface area (Å²) in [4.78, 5) is 3.92. The molecule has 1 aromatic heterocycles. The predicted octanol–water partition coefficient (Wildman–Crippen LogP) is 3.38. The Morgan fingerprint density at radius 2 is 2.21 bits per heavy atom. The van der Waals surface area contributed by atoms with E-state index < -0.39 is 0 Å². The molecule has 0 amide bonds. The summed E-state index contributed by atoms with van der Waals surface area (Å²) >= 11 is 9.37. The van der Waals surface area contributed by atoms with Crippen molar-refractivity contribution in [3.8, 4) is 0 Å². The summed E-state index contributed by atoms with van der Waals surface area (Å²) in [5.74, 6) is 5.22. The van der Waals surface area contributed by atoms with E-state index in [4.69, 9.17) is 17.4 Å². The van der Waals surface area contributed by atoms with Gasteiger partial charge in [0.2, 0.25) is 0 Å². The minimum Gasteiger partial charge on any atom is -0.271 e. The zero-order valence-corrected chi connectivity index (χ0v) is 12.2. The van der Waals surface area contributed by atoms with Gasteiger partial charge in [0.1, 0.15) is 5.82 Å². The first kappa shape index (κ1) is 14.4. The van der Waals surface area contributed by atoms with Gasteiger partial charge in [-0.3, -0.25) is 16.3 Å². The van der Waals surface area contributed by atoms with E-state index in [1.54, 1.807) is 30.6 Å². The molecule has 1 unspecified atom stereocenters. The molecule has 0 aliphatic carbocycles. The highest BCUT2D eigenvalue weighted by atomic mass is 79.9. The standard InChI is InChI=1S/C13H12BrClFN3/c14-9-1-2-12(16)10(6-9)13(19-17)5-8-3-4-18-7-11(8)15/h1-4,6-7,13,19H,5,17H2. The molecule has 1 aromatic carbocycles. The highest BCUT2D eigenvalue weighted by molar-refractivity contribution is 9.10. The van der Waals surface area contributed by atoms with Gasteiger partial charge in [0.05, 0.1) is 11.1 Å². The van der Waals surface area contributed by atoms with Crippen LogP contribution in [0.25, 0.3) is 0 Å². The average Bonchev–Trinajstić information content (AvgIpc) is 2.41. The number of hydrogen-bond donors (Lipinski definition) is 2. The molecule has 19 heavy (non-hydrogen) atoms. The molecule has 100 valence electrons. The lowest BCUT2D eigenvalue weighted by molar-refractivity contribution is 0.510. The molecule has 0 aliphatic heterocycles. The third-order valence-electron chi connectivity index (χ3n) is 2.82. The summed E-state index contributed by atoms with van der Waals surface area (Å²) in [5, 5.41) is 0.540. The summed E-state index contributed by atoms with van der Waals surface area (Å²) < 4.78 is 14.6. The monoisotopic (exact) mass is 343 g/mol. The Kier molecular flexibility index (Phi) is 4.87. The Hall–Kier alpha value is -1.01. The van der Waals surface area contributed by atoms with E-state index in [0.717, 1.165) is 10.0 Å². The fourth-order valence-electron chi connectivity index (χ4n) is 1.83. The quantitative estimate of drug-likeness (QED) is 0.660. The molecule has 0 saturated carbocycles. The van der Waals surface area contributed by atoms with Gasteiger partial charge in [-0.15, -0.1) is 0 Å². The van der Waals surface area contributed by atoms with Crippen molar-refractivity contribution in [2.24, 2.45) is 5.84 Å². The highest BCUT2D eigenvalue weighted by Crippen LogP contribution is 2.26. The molecule has 3 nitrogen and oxygen atoms in total. The second-order valence-corrected chi connectivity index (χ2v) is 5.38. The molecular formula is C13H12BrClFN3. The van der Waals surface area contributed by atoms with Gasteiger partial charge in [0.15, 0.2) is 0 Å². The number of halogens is 3. The number of pyridine rings is 1. The molecule has 0 radical (unpaired) electrons. The van der Waals surface area contributed by atoms with Crippen molar-refractivity contribution >= 4 is 27.5 Å². The molecule has 1 heterocycles. The Labute approximate surface area is 124 Å². The minimum absolute atomic E-state index is 0.309. The number of hydrazine groups is 1. The fraction of sp³-hybridized carbons (Fsp3) is 0.154. The lowest BCUT2D eigenvalue weighted by Crippen LogP contribution is -2.30. The van der Waals surface area contributed by atoms with Crippen LogP contribution < -0.4 is 11.3 Å². The zero-order chi connectivity index (χ0) is 13.8. The molecule has 6 heteroatoms. The summed E-state index contributed by atoms with van der Waals surface area (Å²) in [5.41, 5.74) is 3.97. The molecule has 0 saturated heterocycles. The van der Waals surface area contributed by atoms with Crippen LogP contribution in [0.3, 0.4) is 0 Å². The molecule has 0 bridgehead atoms. The molecule has 3 N–H and O–H groups in total. The van der Waals surface area contributed by atoms with E-state index in [0.29, 0.717) is 17.0 Å². The van der Waals surface area contributed by atoms with Crippen molar-refractivity contribution in [1.82, 2.24) is 10.4 Å². The number of hydrogen-bond acceptors (Lipinski definition) is 3. The zero-order valence-electron chi connectivity index (χ0n) is 9.91. The topological polar surface area (TPSA) is 50.9 Å². The van der Waals surface area contributed by atoms with E-state index in [2.05, 4.69) is 26.3 Å². The van der Waals surface area contributed by atoms with Crippen LogP contribution >= 0.6 is 27.5 Å². The third-order valence-corrected chi connectivity index (χ3v) is 3.65. The number of nitrogens with one attached hydrogen (secondary N) is 1. The molecule has 1 atom stereocenters. The van der Waals surface area contributed by atoms with Crippen molar-refractivity contribution < 1.29 is 4.39 Å². The Balaban J connectivity index is 2.30. The van der Waals surface area contributed by atoms with Gasteiger partial charge >= 0.3 is 0 Å². The second kappa shape index (κ2) is 6.43. The van der Waals surface area contributed by atoms with E-state index in [9.17, 15) is 4.39 Å². The largest absolute Gasteiger partial charge is 0.271 e. The molecule has 2 aromatic rings. The fourth-order valence-corrected chi connectivity index (χ4v) is 2.41. The molecule has 0 spiro atoms. The van der Waals surface area contributed by atoms with Gasteiger partial charge in [-0.2, -0.15) is 0 Å². The van der Waals surface area contributed by atoms with Crippen LogP contribution in [0.4, 0.5) is 4.39 Å². The number of aromatic nitrogens is 1. The summed E-state index contributed by atoms with van der Waals surface area (Å²) in [6.45, 7) is 0. The van der Waals surface area contributed by atoms with E-state index in [-0.39, 0.29) is 11.9 Å².